The zero-order valence-corrected chi connectivity index (χ0v) is 15.6. The number of morpholine rings is 1. The molecule has 25 heavy (non-hydrogen) atoms. The summed E-state index contributed by atoms with van der Waals surface area (Å²) in [7, 11) is -0.631. The molecule has 0 spiro atoms. The van der Waals surface area contributed by atoms with Gasteiger partial charge in [-0.05, 0) is 19.8 Å². The number of amides is 2. The molecular formula is C14H26F2N4O4S. The molecule has 0 bridgehead atoms. The number of rotatable bonds is 4. The summed E-state index contributed by atoms with van der Waals surface area (Å²) in [5.41, 5.74) is -1.68. The van der Waals surface area contributed by atoms with Crippen molar-refractivity contribution in [3.05, 3.63) is 0 Å². The van der Waals surface area contributed by atoms with Gasteiger partial charge in [0.15, 0.2) is 0 Å². The molecule has 2 aliphatic heterocycles. The molecule has 2 heterocycles. The molecule has 8 nitrogen and oxygen atoms in total. The van der Waals surface area contributed by atoms with Gasteiger partial charge in [-0.3, -0.25) is 0 Å². The summed E-state index contributed by atoms with van der Waals surface area (Å²) in [6.07, 6.45) is -1.43. The van der Waals surface area contributed by atoms with E-state index in [0.717, 1.165) is 4.31 Å². The van der Waals surface area contributed by atoms with E-state index in [1.165, 1.54) is 30.2 Å². The number of piperidine rings is 1. The fourth-order valence-electron chi connectivity index (χ4n) is 2.96. The van der Waals surface area contributed by atoms with Crippen LogP contribution in [-0.2, 0) is 14.9 Å². The van der Waals surface area contributed by atoms with Gasteiger partial charge >= 0.3 is 6.03 Å². The van der Waals surface area contributed by atoms with Crippen molar-refractivity contribution in [3.8, 4) is 0 Å². The summed E-state index contributed by atoms with van der Waals surface area (Å²) >= 11 is 0. The predicted molar refractivity (Wildman–Crippen MR) is 87.7 cm³/mol. The summed E-state index contributed by atoms with van der Waals surface area (Å²) in [6, 6.07) is -0.819. The molecule has 146 valence electrons. The average Bonchev–Trinajstić information content (AvgIpc) is 2.54. The van der Waals surface area contributed by atoms with E-state index < -0.39 is 28.3 Å². The maximum absolute atomic E-state index is 13.1. The number of hydrogen-bond donors (Lipinski definition) is 1. The number of hydrogen-bond acceptors (Lipinski definition) is 4. The maximum Gasteiger partial charge on any atom is 0.317 e. The number of urea groups is 1. The highest BCUT2D eigenvalue weighted by Gasteiger charge is 2.42. The number of ether oxygens (including phenoxy) is 1. The second-order valence-corrected chi connectivity index (χ2v) is 8.96. The second kappa shape index (κ2) is 7.68. The normalized spacial score (nSPS) is 29.2. The van der Waals surface area contributed by atoms with Crippen LogP contribution in [0.4, 0.5) is 13.6 Å². The van der Waals surface area contributed by atoms with Crippen LogP contribution in [0, 0.1) is 0 Å². The Kier molecular flexibility index (Phi) is 6.23. The second-order valence-electron chi connectivity index (χ2n) is 6.82. The van der Waals surface area contributed by atoms with Crippen molar-refractivity contribution in [2.24, 2.45) is 0 Å². The van der Waals surface area contributed by atoms with E-state index in [1.807, 2.05) is 0 Å². The highest BCUT2D eigenvalue weighted by molar-refractivity contribution is 7.86. The Balaban J connectivity index is 1.96. The first-order valence-electron chi connectivity index (χ1n) is 8.21. The lowest BCUT2D eigenvalue weighted by atomic mass is 10.1. The van der Waals surface area contributed by atoms with Gasteiger partial charge in [0.05, 0.1) is 13.2 Å². The average molecular weight is 384 g/mol. The molecule has 2 aliphatic rings. The van der Waals surface area contributed by atoms with E-state index >= 15 is 0 Å². The molecular weight excluding hydrogens is 358 g/mol. The fraction of sp³-hybridized carbons (Fsp3) is 0.929. The third kappa shape index (κ3) is 4.57. The third-order valence-corrected chi connectivity index (χ3v) is 6.45. The van der Waals surface area contributed by atoms with Gasteiger partial charge in [0.25, 0.3) is 16.6 Å². The molecule has 11 heteroatoms. The number of nitrogens with zero attached hydrogens (tertiary/aromatic N) is 3. The van der Waals surface area contributed by atoms with Crippen molar-refractivity contribution >= 4 is 16.2 Å². The van der Waals surface area contributed by atoms with Crippen LogP contribution in [0.25, 0.3) is 0 Å². The van der Waals surface area contributed by atoms with Crippen LogP contribution in [0.5, 0.6) is 0 Å². The minimum atomic E-state index is -3.54. The van der Waals surface area contributed by atoms with Crippen molar-refractivity contribution in [1.82, 2.24) is 18.8 Å². The summed E-state index contributed by atoms with van der Waals surface area (Å²) in [5.74, 6) is 0. The summed E-state index contributed by atoms with van der Waals surface area (Å²) in [5, 5.41) is 2.77. The monoisotopic (exact) mass is 384 g/mol. The molecule has 2 fully saturated rings. The van der Waals surface area contributed by atoms with Gasteiger partial charge in [0.2, 0.25) is 0 Å². The van der Waals surface area contributed by atoms with Crippen molar-refractivity contribution in [2.75, 3.05) is 46.9 Å². The largest absolute Gasteiger partial charge is 0.366 e. The lowest BCUT2D eigenvalue weighted by Crippen LogP contribution is -2.60. The van der Waals surface area contributed by atoms with Crippen molar-refractivity contribution < 1.29 is 26.7 Å². The first-order valence-corrected chi connectivity index (χ1v) is 9.61. The Morgan fingerprint density at radius 2 is 2.04 bits per heavy atom. The molecule has 2 amide bonds. The van der Waals surface area contributed by atoms with Gasteiger partial charge in [0.1, 0.15) is 5.60 Å². The molecule has 2 saturated heterocycles. The minimum absolute atomic E-state index is 0.0417. The summed E-state index contributed by atoms with van der Waals surface area (Å²) in [4.78, 5) is 13.7. The van der Waals surface area contributed by atoms with E-state index in [1.54, 1.807) is 0 Å². The molecule has 0 radical (unpaired) electrons. The van der Waals surface area contributed by atoms with Gasteiger partial charge < -0.3 is 15.0 Å². The Labute approximate surface area is 147 Å². The Hall–Kier alpha value is -1.04. The van der Waals surface area contributed by atoms with Crippen LogP contribution in [0.15, 0.2) is 0 Å². The van der Waals surface area contributed by atoms with Crippen LogP contribution in [0.2, 0.25) is 0 Å². The zero-order chi connectivity index (χ0) is 18.8. The lowest BCUT2D eigenvalue weighted by molar-refractivity contribution is -0.161. The Morgan fingerprint density at radius 1 is 1.36 bits per heavy atom. The first kappa shape index (κ1) is 20.3. The SMILES string of the molecule is CN(C)S(=O)(=O)N1CCC[C@@H](NC(=O)N2CCOC(C)(C(F)F)C2)C1. The smallest absolute Gasteiger partial charge is 0.317 e. The molecule has 0 aromatic rings. The van der Waals surface area contributed by atoms with E-state index in [-0.39, 0.29) is 32.3 Å². The summed E-state index contributed by atoms with van der Waals surface area (Å²) in [6.45, 7) is 1.91. The van der Waals surface area contributed by atoms with Gasteiger partial charge in [-0.2, -0.15) is 17.0 Å². The van der Waals surface area contributed by atoms with Crippen LogP contribution in [0.3, 0.4) is 0 Å². The molecule has 2 atom stereocenters. The van der Waals surface area contributed by atoms with Crippen molar-refractivity contribution in [2.45, 2.75) is 37.8 Å². The molecule has 0 aromatic heterocycles. The Bertz CT molecular complexity index is 589. The zero-order valence-electron chi connectivity index (χ0n) is 14.7. The van der Waals surface area contributed by atoms with Gasteiger partial charge in [0, 0.05) is 39.8 Å². The minimum Gasteiger partial charge on any atom is -0.366 e. The molecule has 2 rings (SSSR count). The third-order valence-electron chi connectivity index (χ3n) is 4.55. The van der Waals surface area contributed by atoms with E-state index in [9.17, 15) is 22.0 Å². The van der Waals surface area contributed by atoms with Crippen LogP contribution >= 0.6 is 0 Å². The van der Waals surface area contributed by atoms with Gasteiger partial charge in [-0.15, -0.1) is 0 Å². The maximum atomic E-state index is 13.1. The molecule has 1 N–H and O–H groups in total. The molecule has 1 unspecified atom stereocenters. The molecule has 0 aromatic carbocycles. The van der Waals surface area contributed by atoms with E-state index in [2.05, 4.69) is 5.32 Å². The number of carbonyl (C=O) groups is 1. The number of halogens is 2. The summed E-state index contributed by atoms with van der Waals surface area (Å²) < 4.78 is 58.2. The first-order chi connectivity index (χ1) is 11.6. The Morgan fingerprint density at radius 3 is 2.64 bits per heavy atom. The number of nitrogens with one attached hydrogen (secondary N) is 1. The van der Waals surface area contributed by atoms with E-state index in [4.69, 9.17) is 4.74 Å². The van der Waals surface area contributed by atoms with Gasteiger partial charge in [-0.25, -0.2) is 13.6 Å². The van der Waals surface area contributed by atoms with Crippen LogP contribution < -0.4 is 5.32 Å². The van der Waals surface area contributed by atoms with Crippen LogP contribution in [0.1, 0.15) is 19.8 Å². The quantitative estimate of drug-likeness (QED) is 0.757. The van der Waals surface area contributed by atoms with Crippen LogP contribution in [-0.4, -0.2) is 92.9 Å². The predicted octanol–water partition coefficient (Wildman–Crippen LogP) is 0.323. The van der Waals surface area contributed by atoms with Gasteiger partial charge in [-0.1, -0.05) is 0 Å². The lowest BCUT2D eigenvalue weighted by Gasteiger charge is -2.41. The molecule has 0 aliphatic carbocycles. The molecule has 0 saturated carbocycles. The van der Waals surface area contributed by atoms with E-state index in [0.29, 0.717) is 19.4 Å². The number of carbonyl (C=O) groups excluding carboxylic acids is 1. The topological polar surface area (TPSA) is 82.2 Å². The highest BCUT2D eigenvalue weighted by atomic mass is 32.2. The standard InChI is InChI=1S/C14H26F2N4O4S/c1-14(12(15)16)10-19(7-8-24-14)13(21)17-11-5-4-6-20(9-11)25(22,23)18(2)3/h11-12H,4-10H2,1-3H3,(H,17,21)/t11-,14?/m1/s1. The highest BCUT2D eigenvalue weighted by Crippen LogP contribution is 2.25. The van der Waals surface area contributed by atoms with Crippen molar-refractivity contribution in [3.63, 3.8) is 0 Å². The van der Waals surface area contributed by atoms with Crippen molar-refractivity contribution in [1.29, 1.82) is 0 Å². The number of alkyl halides is 2. The fourth-order valence-corrected chi connectivity index (χ4v) is 4.15.